The van der Waals surface area contributed by atoms with Gasteiger partial charge in [0.2, 0.25) is 0 Å². The third-order valence-corrected chi connectivity index (χ3v) is 5.63. The summed E-state index contributed by atoms with van der Waals surface area (Å²) < 4.78 is 1.44. The van der Waals surface area contributed by atoms with E-state index in [-0.39, 0.29) is 11.2 Å². The summed E-state index contributed by atoms with van der Waals surface area (Å²) in [5, 5.41) is 7.23. The first kappa shape index (κ1) is 12.8. The predicted molar refractivity (Wildman–Crippen MR) is 83.6 cm³/mol. The maximum atomic E-state index is 12.3. The molecule has 0 aliphatic carbocycles. The first-order chi connectivity index (χ1) is 10.3. The minimum atomic E-state index is 0.0110. The lowest BCUT2D eigenvalue weighted by molar-refractivity contribution is 0.0868. The average Bonchev–Trinajstić information content (AvgIpc) is 3.17. The molecule has 104 valence electrons. The molecule has 2 aromatic heterocycles. The summed E-state index contributed by atoms with van der Waals surface area (Å²) in [5.41, 5.74) is 0.931. The van der Waals surface area contributed by atoms with Crippen molar-refractivity contribution in [2.75, 3.05) is 0 Å². The number of fused-ring (bicyclic) bond motifs is 1. The first-order valence-corrected chi connectivity index (χ1v) is 8.33. The molecule has 4 nitrogen and oxygen atoms in total. The van der Waals surface area contributed by atoms with Crippen molar-refractivity contribution in [2.45, 2.75) is 16.8 Å². The molecular weight excluding hydrogens is 302 g/mol. The fourth-order valence-corrected chi connectivity index (χ4v) is 4.37. The lowest BCUT2D eigenvalue weighted by Crippen LogP contribution is -2.20. The van der Waals surface area contributed by atoms with Gasteiger partial charge < -0.3 is 0 Å². The number of nitrogens with zero attached hydrogens (tertiary/aromatic N) is 3. The zero-order chi connectivity index (χ0) is 14.2. The molecule has 21 heavy (non-hydrogen) atoms. The Morgan fingerprint density at radius 1 is 1.14 bits per heavy atom. The quantitative estimate of drug-likeness (QED) is 0.720. The highest BCUT2D eigenvalue weighted by molar-refractivity contribution is 7.99. The van der Waals surface area contributed by atoms with Gasteiger partial charge in [0.05, 0.1) is 5.25 Å². The minimum Gasteiger partial charge on any atom is -0.272 e. The molecule has 4 rings (SSSR count). The molecule has 0 radical (unpaired) electrons. The maximum Gasteiger partial charge on any atom is 0.250 e. The zero-order valence-electron chi connectivity index (χ0n) is 11.0. The number of hydrogen-bond acceptors (Lipinski definition) is 5. The Labute approximate surface area is 129 Å². The molecule has 0 amide bonds. The highest BCUT2D eigenvalue weighted by Gasteiger charge is 2.30. The molecule has 1 atom stereocenters. The van der Waals surface area contributed by atoms with Gasteiger partial charge in [-0.15, -0.1) is 16.4 Å². The summed E-state index contributed by atoms with van der Waals surface area (Å²) >= 11 is 3.29. The summed E-state index contributed by atoms with van der Waals surface area (Å²) in [4.78, 5) is 18.0. The maximum absolute atomic E-state index is 12.3. The van der Waals surface area contributed by atoms with Crippen LogP contribution in [0, 0.1) is 0 Å². The Balaban J connectivity index is 1.71. The second-order valence-electron chi connectivity index (χ2n) is 4.72. The van der Waals surface area contributed by atoms with Gasteiger partial charge in [-0.05, 0) is 11.4 Å². The predicted octanol–water partition coefficient (Wildman–Crippen LogP) is 3.88. The van der Waals surface area contributed by atoms with Gasteiger partial charge in [-0.2, -0.15) is 4.68 Å². The third kappa shape index (κ3) is 2.30. The van der Waals surface area contributed by atoms with Crippen LogP contribution in [0.3, 0.4) is 0 Å². The number of hydrogen-bond donors (Lipinski definition) is 0. The van der Waals surface area contributed by atoms with Crippen molar-refractivity contribution >= 4 is 29.0 Å². The van der Waals surface area contributed by atoms with Gasteiger partial charge in [0.25, 0.3) is 5.91 Å². The van der Waals surface area contributed by atoms with Crippen LogP contribution in [0.1, 0.15) is 21.3 Å². The molecule has 1 unspecified atom stereocenters. The second kappa shape index (κ2) is 5.13. The first-order valence-electron chi connectivity index (χ1n) is 6.57. The van der Waals surface area contributed by atoms with Gasteiger partial charge in [0, 0.05) is 16.9 Å². The molecule has 6 heteroatoms. The van der Waals surface area contributed by atoms with Crippen LogP contribution in [-0.4, -0.2) is 20.7 Å². The minimum absolute atomic E-state index is 0.0110. The van der Waals surface area contributed by atoms with E-state index in [2.05, 4.69) is 16.1 Å². The second-order valence-corrected chi connectivity index (χ2v) is 6.86. The van der Waals surface area contributed by atoms with Gasteiger partial charge in [-0.1, -0.05) is 48.2 Å². The topological polar surface area (TPSA) is 47.8 Å². The Morgan fingerprint density at radius 3 is 2.76 bits per heavy atom. The zero-order valence-corrected chi connectivity index (χ0v) is 12.6. The summed E-state index contributed by atoms with van der Waals surface area (Å²) in [7, 11) is 0. The van der Waals surface area contributed by atoms with E-state index < -0.39 is 0 Å². The van der Waals surface area contributed by atoms with Crippen LogP contribution in [0.2, 0.25) is 0 Å². The number of carbonyl (C=O) groups is 1. The van der Waals surface area contributed by atoms with Crippen LogP contribution in [-0.2, 0) is 0 Å². The van der Waals surface area contributed by atoms with Crippen molar-refractivity contribution in [3.63, 3.8) is 0 Å². The molecule has 0 fully saturated rings. The number of carbonyl (C=O) groups excluding carboxylic acids is 1. The Kier molecular flexibility index (Phi) is 3.12. The van der Waals surface area contributed by atoms with Crippen molar-refractivity contribution in [3.05, 3.63) is 52.7 Å². The molecule has 3 heterocycles. The highest BCUT2D eigenvalue weighted by atomic mass is 32.2. The summed E-state index contributed by atoms with van der Waals surface area (Å²) in [6.45, 7) is 0. The monoisotopic (exact) mass is 313 g/mol. The number of aromatic nitrogens is 3. The van der Waals surface area contributed by atoms with E-state index in [9.17, 15) is 4.79 Å². The van der Waals surface area contributed by atoms with Gasteiger partial charge >= 0.3 is 0 Å². The van der Waals surface area contributed by atoms with Crippen molar-refractivity contribution in [1.82, 2.24) is 14.8 Å². The SMILES string of the molecule is O=C1CC(c2cccs2)Sc2nc(-c3ccccc3)nn21. The van der Waals surface area contributed by atoms with E-state index in [4.69, 9.17) is 0 Å². The van der Waals surface area contributed by atoms with E-state index in [1.165, 1.54) is 9.56 Å². The fourth-order valence-electron chi connectivity index (χ4n) is 2.29. The molecule has 3 aromatic rings. The van der Waals surface area contributed by atoms with E-state index in [1.54, 1.807) is 23.1 Å². The number of benzene rings is 1. The van der Waals surface area contributed by atoms with Crippen molar-refractivity contribution in [2.24, 2.45) is 0 Å². The van der Waals surface area contributed by atoms with E-state index >= 15 is 0 Å². The van der Waals surface area contributed by atoms with Crippen LogP contribution in [0.4, 0.5) is 0 Å². The van der Waals surface area contributed by atoms with Crippen molar-refractivity contribution in [3.8, 4) is 11.4 Å². The van der Waals surface area contributed by atoms with Crippen LogP contribution in [0.5, 0.6) is 0 Å². The molecular formula is C15H11N3OS2. The van der Waals surface area contributed by atoms with E-state index in [0.717, 1.165) is 5.56 Å². The van der Waals surface area contributed by atoms with Gasteiger partial charge in [-0.3, -0.25) is 4.79 Å². The smallest absolute Gasteiger partial charge is 0.250 e. The molecule has 0 saturated heterocycles. The van der Waals surface area contributed by atoms with E-state index in [1.807, 2.05) is 41.8 Å². The van der Waals surface area contributed by atoms with Crippen LogP contribution in [0.25, 0.3) is 11.4 Å². The largest absolute Gasteiger partial charge is 0.272 e. The molecule has 1 aliphatic heterocycles. The number of thiophene rings is 1. The average molecular weight is 313 g/mol. The Bertz CT molecular complexity index is 781. The van der Waals surface area contributed by atoms with Crippen LogP contribution >= 0.6 is 23.1 Å². The summed E-state index contributed by atoms with van der Waals surface area (Å²) in [6, 6.07) is 13.8. The van der Waals surface area contributed by atoms with Crippen LogP contribution < -0.4 is 0 Å². The van der Waals surface area contributed by atoms with Crippen molar-refractivity contribution < 1.29 is 4.79 Å². The Morgan fingerprint density at radius 2 is 2.00 bits per heavy atom. The van der Waals surface area contributed by atoms with E-state index in [0.29, 0.717) is 17.4 Å². The molecule has 0 spiro atoms. The van der Waals surface area contributed by atoms with Crippen molar-refractivity contribution in [1.29, 1.82) is 0 Å². The Hall–Kier alpha value is -1.92. The third-order valence-electron chi connectivity index (χ3n) is 3.31. The van der Waals surface area contributed by atoms with Gasteiger partial charge in [0.15, 0.2) is 11.0 Å². The normalized spacial score (nSPS) is 17.7. The van der Waals surface area contributed by atoms with Crippen LogP contribution in [0.15, 0.2) is 53.0 Å². The highest BCUT2D eigenvalue weighted by Crippen LogP contribution is 2.42. The fraction of sp³-hybridized carbons (Fsp3) is 0.133. The summed E-state index contributed by atoms with van der Waals surface area (Å²) in [6.07, 6.45) is 0.468. The molecule has 0 bridgehead atoms. The number of thioether (sulfide) groups is 1. The lowest BCUT2D eigenvalue weighted by Gasteiger charge is -2.18. The standard InChI is InChI=1S/C15H11N3OS2/c19-13-9-12(11-7-4-8-20-11)21-15-16-14(17-18(13)15)10-5-2-1-3-6-10/h1-8,12H,9H2. The number of rotatable bonds is 2. The molecule has 1 aliphatic rings. The summed E-state index contributed by atoms with van der Waals surface area (Å²) in [5.74, 6) is 0.620. The lowest BCUT2D eigenvalue weighted by atomic mass is 10.2. The molecule has 0 N–H and O–H groups in total. The van der Waals surface area contributed by atoms with Gasteiger partial charge in [0.1, 0.15) is 0 Å². The molecule has 1 aromatic carbocycles. The van der Waals surface area contributed by atoms with Gasteiger partial charge in [-0.25, -0.2) is 4.98 Å². The molecule has 0 saturated carbocycles.